The van der Waals surface area contributed by atoms with Crippen LogP contribution in [0.15, 0.2) is 21.4 Å². The minimum atomic E-state index is -0.494. The Bertz CT molecular complexity index is 487. The van der Waals surface area contributed by atoms with Crippen molar-refractivity contribution < 1.29 is 18.5 Å². The van der Waals surface area contributed by atoms with Gasteiger partial charge < -0.3 is 13.7 Å². The van der Waals surface area contributed by atoms with Crippen LogP contribution in [-0.2, 0) is 4.74 Å². The predicted molar refractivity (Wildman–Crippen MR) is 52.7 cm³/mol. The largest absolute Gasteiger partial charge is 0.461 e. The van der Waals surface area contributed by atoms with E-state index >= 15 is 0 Å². The molecule has 2 aromatic rings. The van der Waals surface area contributed by atoms with Gasteiger partial charge in [0.15, 0.2) is 5.69 Å². The van der Waals surface area contributed by atoms with Crippen LogP contribution in [0.4, 0.5) is 0 Å². The molecule has 0 spiro atoms. The first kappa shape index (κ1) is 10.4. The third-order valence-electron chi connectivity index (χ3n) is 1.94. The first-order chi connectivity index (χ1) is 7.72. The highest BCUT2D eigenvalue weighted by Gasteiger charge is 2.19. The van der Waals surface area contributed by atoms with Gasteiger partial charge in [0.05, 0.1) is 18.4 Å². The average molecular weight is 222 g/mol. The van der Waals surface area contributed by atoms with E-state index in [-0.39, 0.29) is 5.69 Å². The lowest BCUT2D eigenvalue weighted by molar-refractivity contribution is 0.0518. The van der Waals surface area contributed by atoms with Crippen LogP contribution in [0.2, 0.25) is 0 Å². The highest BCUT2D eigenvalue weighted by Crippen LogP contribution is 2.21. The second-order valence-corrected chi connectivity index (χ2v) is 3.06. The number of hydrogen-bond acceptors (Lipinski definition) is 6. The third kappa shape index (κ3) is 1.81. The Kier molecular flexibility index (Phi) is 2.72. The number of aromatic nitrogens is 2. The molecule has 0 radical (unpaired) electrons. The van der Waals surface area contributed by atoms with Crippen molar-refractivity contribution in [3.8, 4) is 11.5 Å². The summed E-state index contributed by atoms with van der Waals surface area (Å²) in [5, 5.41) is 3.53. The van der Waals surface area contributed by atoms with Crippen LogP contribution in [-0.4, -0.2) is 22.7 Å². The summed E-state index contributed by atoms with van der Waals surface area (Å²) < 4.78 is 14.8. The summed E-state index contributed by atoms with van der Waals surface area (Å²) in [4.78, 5) is 15.5. The van der Waals surface area contributed by atoms with E-state index in [1.54, 1.807) is 13.8 Å². The second kappa shape index (κ2) is 4.18. The Balaban J connectivity index is 2.32. The molecule has 0 aliphatic carbocycles. The van der Waals surface area contributed by atoms with Crippen molar-refractivity contribution in [1.82, 2.24) is 10.1 Å². The van der Waals surface area contributed by atoms with Crippen LogP contribution in [0.25, 0.3) is 11.5 Å². The van der Waals surface area contributed by atoms with Crippen molar-refractivity contribution in [2.45, 2.75) is 13.8 Å². The number of oxazole rings is 1. The summed E-state index contributed by atoms with van der Waals surface area (Å²) in [7, 11) is 0. The van der Waals surface area contributed by atoms with Gasteiger partial charge in [-0.1, -0.05) is 5.16 Å². The van der Waals surface area contributed by atoms with E-state index in [4.69, 9.17) is 9.15 Å². The maximum absolute atomic E-state index is 11.5. The fourth-order valence-electron chi connectivity index (χ4n) is 1.22. The van der Waals surface area contributed by atoms with E-state index in [0.717, 1.165) is 0 Å². The highest BCUT2D eigenvalue weighted by atomic mass is 16.5. The van der Waals surface area contributed by atoms with Crippen molar-refractivity contribution in [2.24, 2.45) is 0 Å². The molecule has 16 heavy (non-hydrogen) atoms. The van der Waals surface area contributed by atoms with Gasteiger partial charge in [0.2, 0.25) is 5.89 Å². The first-order valence-corrected chi connectivity index (χ1v) is 4.76. The zero-order chi connectivity index (χ0) is 11.5. The Morgan fingerprint density at radius 2 is 2.38 bits per heavy atom. The fraction of sp³-hybridized carbons (Fsp3) is 0.300. The van der Waals surface area contributed by atoms with E-state index in [1.165, 1.54) is 12.5 Å². The molecule has 2 rings (SSSR count). The van der Waals surface area contributed by atoms with Gasteiger partial charge in [0, 0.05) is 0 Å². The van der Waals surface area contributed by atoms with E-state index in [0.29, 0.717) is 23.8 Å². The van der Waals surface area contributed by atoms with E-state index in [1.807, 2.05) is 0 Å². The molecular weight excluding hydrogens is 212 g/mol. The minimum absolute atomic E-state index is 0.179. The molecule has 0 aliphatic heterocycles. The van der Waals surface area contributed by atoms with Crippen molar-refractivity contribution in [1.29, 1.82) is 0 Å². The lowest BCUT2D eigenvalue weighted by atomic mass is 10.3. The summed E-state index contributed by atoms with van der Waals surface area (Å²) >= 11 is 0. The molecule has 84 valence electrons. The lowest BCUT2D eigenvalue weighted by Crippen LogP contribution is -2.06. The molecule has 0 unspecified atom stereocenters. The van der Waals surface area contributed by atoms with Gasteiger partial charge >= 0.3 is 5.97 Å². The SMILES string of the molecule is CCOC(=O)c1nc(-c2cnoc2)oc1C. The number of nitrogens with zero attached hydrogens (tertiary/aromatic N) is 2. The molecule has 6 nitrogen and oxygen atoms in total. The van der Waals surface area contributed by atoms with Crippen molar-refractivity contribution in [3.63, 3.8) is 0 Å². The minimum Gasteiger partial charge on any atom is -0.461 e. The van der Waals surface area contributed by atoms with Gasteiger partial charge in [-0.3, -0.25) is 0 Å². The molecular formula is C10H10N2O4. The lowest BCUT2D eigenvalue weighted by Gasteiger charge is -1.96. The third-order valence-corrected chi connectivity index (χ3v) is 1.94. The van der Waals surface area contributed by atoms with Gasteiger partial charge in [0.25, 0.3) is 0 Å². The number of esters is 1. The molecule has 0 fully saturated rings. The summed E-state index contributed by atoms with van der Waals surface area (Å²) in [6.07, 6.45) is 2.85. The summed E-state index contributed by atoms with van der Waals surface area (Å²) in [6.45, 7) is 3.68. The van der Waals surface area contributed by atoms with Gasteiger partial charge in [-0.2, -0.15) is 0 Å². The van der Waals surface area contributed by atoms with Crippen LogP contribution >= 0.6 is 0 Å². The zero-order valence-corrected chi connectivity index (χ0v) is 8.89. The van der Waals surface area contributed by atoms with Crippen LogP contribution < -0.4 is 0 Å². The average Bonchev–Trinajstić information content (AvgIpc) is 2.86. The van der Waals surface area contributed by atoms with Gasteiger partial charge in [-0.15, -0.1) is 0 Å². The van der Waals surface area contributed by atoms with E-state index in [2.05, 4.69) is 14.7 Å². The molecule has 2 aromatic heterocycles. The van der Waals surface area contributed by atoms with E-state index in [9.17, 15) is 4.79 Å². The van der Waals surface area contributed by atoms with E-state index < -0.39 is 5.97 Å². The Labute approximate surface area is 91.2 Å². The van der Waals surface area contributed by atoms with Crippen molar-refractivity contribution in [3.05, 3.63) is 23.9 Å². The Hall–Kier alpha value is -2.11. The highest BCUT2D eigenvalue weighted by molar-refractivity contribution is 5.88. The molecule has 0 N–H and O–H groups in total. The van der Waals surface area contributed by atoms with Crippen molar-refractivity contribution in [2.75, 3.05) is 6.61 Å². The van der Waals surface area contributed by atoms with Crippen LogP contribution in [0.1, 0.15) is 23.2 Å². The van der Waals surface area contributed by atoms with Gasteiger partial charge in [0.1, 0.15) is 12.0 Å². The first-order valence-electron chi connectivity index (χ1n) is 4.76. The number of carbonyl (C=O) groups excluding carboxylic acids is 1. The predicted octanol–water partition coefficient (Wildman–Crippen LogP) is 1.81. The summed E-state index contributed by atoms with van der Waals surface area (Å²) in [6, 6.07) is 0. The van der Waals surface area contributed by atoms with Crippen molar-refractivity contribution >= 4 is 5.97 Å². The molecule has 0 amide bonds. The second-order valence-electron chi connectivity index (χ2n) is 3.06. The maximum Gasteiger partial charge on any atom is 0.360 e. The van der Waals surface area contributed by atoms with Gasteiger partial charge in [-0.05, 0) is 13.8 Å². The van der Waals surface area contributed by atoms with Crippen LogP contribution in [0.5, 0.6) is 0 Å². The molecule has 0 bridgehead atoms. The maximum atomic E-state index is 11.5. The van der Waals surface area contributed by atoms with Crippen LogP contribution in [0.3, 0.4) is 0 Å². The molecule has 0 saturated carbocycles. The quantitative estimate of drug-likeness (QED) is 0.737. The monoisotopic (exact) mass is 222 g/mol. The molecule has 6 heteroatoms. The number of carbonyl (C=O) groups is 1. The normalized spacial score (nSPS) is 10.4. The number of ether oxygens (including phenoxy) is 1. The fourth-order valence-corrected chi connectivity index (χ4v) is 1.22. The smallest absolute Gasteiger partial charge is 0.360 e. The standard InChI is InChI=1S/C10H10N2O4/c1-3-14-10(13)8-6(2)16-9(12-8)7-4-11-15-5-7/h4-5H,3H2,1-2H3. The number of aryl methyl sites for hydroxylation is 1. The zero-order valence-electron chi connectivity index (χ0n) is 8.89. The number of hydrogen-bond donors (Lipinski definition) is 0. The van der Waals surface area contributed by atoms with Crippen LogP contribution in [0, 0.1) is 6.92 Å². The molecule has 0 aromatic carbocycles. The molecule has 0 saturated heterocycles. The Morgan fingerprint density at radius 1 is 1.56 bits per heavy atom. The van der Waals surface area contributed by atoms with Gasteiger partial charge in [-0.25, -0.2) is 9.78 Å². The summed E-state index contributed by atoms with van der Waals surface area (Å²) in [5.74, 6) is 0.211. The topological polar surface area (TPSA) is 78.4 Å². The molecule has 0 aliphatic rings. The molecule has 0 atom stereocenters. The molecule has 2 heterocycles. The Morgan fingerprint density at radius 3 is 3.00 bits per heavy atom. The summed E-state index contributed by atoms with van der Waals surface area (Å²) in [5.41, 5.74) is 0.761. The number of rotatable bonds is 3.